The number of hydrogen-bond acceptors (Lipinski definition) is 2. The van der Waals surface area contributed by atoms with Crippen LogP contribution in [0.15, 0.2) is 48.7 Å². The van der Waals surface area contributed by atoms with Gasteiger partial charge in [-0.25, -0.2) is 4.79 Å². The SMILES string of the molecule is Cn1cccc1[C@H]1CCCCCN1C(=O)CCNC(=O)NCc1ccccc1. The van der Waals surface area contributed by atoms with Crippen molar-refractivity contribution in [1.29, 1.82) is 0 Å². The van der Waals surface area contributed by atoms with E-state index in [1.165, 1.54) is 5.69 Å². The maximum Gasteiger partial charge on any atom is 0.315 e. The van der Waals surface area contributed by atoms with Gasteiger partial charge in [-0.1, -0.05) is 43.2 Å². The fraction of sp³-hybridized carbons (Fsp3) is 0.455. The number of benzene rings is 1. The first kappa shape index (κ1) is 20.0. The molecule has 0 bridgehead atoms. The molecule has 0 aliphatic carbocycles. The van der Waals surface area contributed by atoms with Crippen molar-refractivity contribution in [3.05, 3.63) is 59.9 Å². The highest BCUT2D eigenvalue weighted by atomic mass is 16.2. The van der Waals surface area contributed by atoms with Gasteiger partial charge in [-0.2, -0.15) is 0 Å². The Bertz CT molecular complexity index is 772. The zero-order valence-electron chi connectivity index (χ0n) is 16.6. The van der Waals surface area contributed by atoms with E-state index in [2.05, 4.69) is 21.3 Å². The van der Waals surface area contributed by atoms with Gasteiger partial charge in [0.05, 0.1) is 6.04 Å². The molecule has 150 valence electrons. The van der Waals surface area contributed by atoms with E-state index in [0.717, 1.165) is 37.8 Å². The van der Waals surface area contributed by atoms with Crippen LogP contribution in [0.4, 0.5) is 4.79 Å². The van der Waals surface area contributed by atoms with Crippen LogP contribution in [-0.4, -0.2) is 34.5 Å². The summed E-state index contributed by atoms with van der Waals surface area (Å²) in [6.07, 6.45) is 6.68. The van der Waals surface area contributed by atoms with Crippen molar-refractivity contribution in [3.63, 3.8) is 0 Å². The number of nitrogens with zero attached hydrogens (tertiary/aromatic N) is 2. The second kappa shape index (κ2) is 9.97. The molecule has 0 radical (unpaired) electrons. The lowest BCUT2D eigenvalue weighted by Gasteiger charge is -2.30. The van der Waals surface area contributed by atoms with Gasteiger partial charge >= 0.3 is 6.03 Å². The lowest BCUT2D eigenvalue weighted by molar-refractivity contribution is -0.133. The van der Waals surface area contributed by atoms with Crippen LogP contribution in [-0.2, 0) is 18.4 Å². The monoisotopic (exact) mass is 382 g/mol. The number of nitrogens with one attached hydrogen (secondary N) is 2. The summed E-state index contributed by atoms with van der Waals surface area (Å²) in [6.45, 7) is 1.60. The Balaban J connectivity index is 1.48. The molecule has 1 aromatic carbocycles. The number of carbonyl (C=O) groups excluding carboxylic acids is 2. The topological polar surface area (TPSA) is 66.4 Å². The van der Waals surface area contributed by atoms with E-state index in [9.17, 15) is 9.59 Å². The van der Waals surface area contributed by atoms with Crippen molar-refractivity contribution in [2.45, 2.75) is 44.7 Å². The summed E-state index contributed by atoms with van der Waals surface area (Å²) in [7, 11) is 2.03. The number of amides is 3. The Kier molecular flexibility index (Phi) is 7.12. The molecule has 6 heteroatoms. The highest BCUT2D eigenvalue weighted by Crippen LogP contribution is 2.30. The molecule has 1 atom stereocenters. The Morgan fingerprint density at radius 3 is 2.61 bits per heavy atom. The van der Waals surface area contributed by atoms with Crippen molar-refractivity contribution in [3.8, 4) is 0 Å². The molecule has 2 heterocycles. The van der Waals surface area contributed by atoms with Gasteiger partial charge in [0.2, 0.25) is 5.91 Å². The molecule has 1 aromatic heterocycles. The maximum atomic E-state index is 12.9. The molecule has 1 aliphatic heterocycles. The van der Waals surface area contributed by atoms with Gasteiger partial charge < -0.3 is 20.1 Å². The van der Waals surface area contributed by atoms with Crippen molar-refractivity contribution in [2.75, 3.05) is 13.1 Å². The van der Waals surface area contributed by atoms with E-state index in [1.54, 1.807) is 0 Å². The van der Waals surface area contributed by atoms with E-state index in [0.29, 0.717) is 19.5 Å². The minimum atomic E-state index is -0.244. The second-order valence-corrected chi connectivity index (χ2v) is 7.34. The second-order valence-electron chi connectivity index (χ2n) is 7.34. The largest absolute Gasteiger partial charge is 0.353 e. The highest BCUT2D eigenvalue weighted by Gasteiger charge is 2.27. The van der Waals surface area contributed by atoms with E-state index >= 15 is 0 Å². The zero-order valence-corrected chi connectivity index (χ0v) is 16.6. The molecular weight excluding hydrogens is 352 g/mol. The Hall–Kier alpha value is -2.76. The number of aromatic nitrogens is 1. The molecular formula is C22H30N4O2. The number of aryl methyl sites for hydroxylation is 1. The van der Waals surface area contributed by atoms with Crippen LogP contribution in [0.3, 0.4) is 0 Å². The molecule has 0 unspecified atom stereocenters. The van der Waals surface area contributed by atoms with Gasteiger partial charge in [-0.15, -0.1) is 0 Å². The van der Waals surface area contributed by atoms with Crippen LogP contribution in [0.1, 0.15) is 49.4 Å². The molecule has 1 fully saturated rings. The molecule has 1 aliphatic rings. The smallest absolute Gasteiger partial charge is 0.315 e. The summed E-state index contributed by atoms with van der Waals surface area (Å²) in [6, 6.07) is 13.8. The number of carbonyl (C=O) groups is 2. The lowest BCUT2D eigenvalue weighted by Crippen LogP contribution is -2.40. The van der Waals surface area contributed by atoms with Gasteiger partial charge in [0.25, 0.3) is 0 Å². The van der Waals surface area contributed by atoms with E-state index in [-0.39, 0.29) is 18.0 Å². The quantitative estimate of drug-likeness (QED) is 0.804. The van der Waals surface area contributed by atoms with E-state index < -0.39 is 0 Å². The van der Waals surface area contributed by atoms with E-state index in [1.807, 2.05) is 54.5 Å². The van der Waals surface area contributed by atoms with Gasteiger partial charge in [0, 0.05) is 45.0 Å². The fourth-order valence-corrected chi connectivity index (χ4v) is 3.80. The van der Waals surface area contributed by atoms with Crippen molar-refractivity contribution >= 4 is 11.9 Å². The Morgan fingerprint density at radius 2 is 1.86 bits per heavy atom. The van der Waals surface area contributed by atoms with Crippen LogP contribution in [0.25, 0.3) is 0 Å². The lowest BCUT2D eigenvalue weighted by atomic mass is 10.1. The summed E-state index contributed by atoms with van der Waals surface area (Å²) in [5.41, 5.74) is 2.23. The molecule has 28 heavy (non-hydrogen) atoms. The van der Waals surface area contributed by atoms with Gasteiger partial charge in [0.15, 0.2) is 0 Å². The van der Waals surface area contributed by atoms with E-state index in [4.69, 9.17) is 0 Å². The average Bonchev–Trinajstić information content (AvgIpc) is 2.98. The predicted molar refractivity (Wildman–Crippen MR) is 110 cm³/mol. The van der Waals surface area contributed by atoms with Gasteiger partial charge in [-0.05, 0) is 30.5 Å². The first-order valence-corrected chi connectivity index (χ1v) is 10.1. The molecule has 3 amide bonds. The fourth-order valence-electron chi connectivity index (χ4n) is 3.80. The van der Waals surface area contributed by atoms with Crippen molar-refractivity contribution in [2.24, 2.45) is 7.05 Å². The minimum Gasteiger partial charge on any atom is -0.353 e. The number of hydrogen-bond donors (Lipinski definition) is 2. The molecule has 0 saturated carbocycles. The highest BCUT2D eigenvalue weighted by molar-refractivity contribution is 5.78. The third-order valence-electron chi connectivity index (χ3n) is 5.32. The summed E-state index contributed by atoms with van der Waals surface area (Å²) in [5, 5.41) is 5.62. The van der Waals surface area contributed by atoms with Crippen LogP contribution in [0.2, 0.25) is 0 Å². The number of rotatable bonds is 6. The normalized spacial score (nSPS) is 17.0. The minimum absolute atomic E-state index is 0.108. The van der Waals surface area contributed by atoms with Gasteiger partial charge in [0.1, 0.15) is 0 Å². The first-order chi connectivity index (χ1) is 13.6. The van der Waals surface area contributed by atoms with Crippen LogP contribution in [0, 0.1) is 0 Å². The Labute approximate surface area is 166 Å². The summed E-state index contributed by atoms with van der Waals surface area (Å²) >= 11 is 0. The standard InChI is InChI=1S/C22H30N4O2/c1-25-15-8-12-19(25)20-11-6-3-7-16-26(20)21(27)13-14-23-22(28)24-17-18-9-4-2-5-10-18/h2,4-5,8-10,12,15,20H,3,6-7,11,13-14,16-17H2,1H3,(H2,23,24,28)/t20-/m1/s1. The molecule has 6 nitrogen and oxygen atoms in total. The predicted octanol–water partition coefficient (Wildman–Crippen LogP) is 3.36. The average molecular weight is 383 g/mol. The van der Waals surface area contributed by atoms with Crippen LogP contribution >= 0.6 is 0 Å². The molecule has 0 spiro atoms. The zero-order chi connectivity index (χ0) is 19.8. The maximum absolute atomic E-state index is 12.9. The summed E-state index contributed by atoms with van der Waals surface area (Å²) < 4.78 is 2.10. The molecule has 1 saturated heterocycles. The van der Waals surface area contributed by atoms with Crippen molar-refractivity contribution < 1.29 is 9.59 Å². The third kappa shape index (κ3) is 5.38. The summed E-state index contributed by atoms with van der Waals surface area (Å²) in [4.78, 5) is 26.9. The number of urea groups is 1. The first-order valence-electron chi connectivity index (χ1n) is 10.1. The number of likely N-dealkylation sites (tertiary alicyclic amines) is 1. The van der Waals surface area contributed by atoms with Crippen molar-refractivity contribution in [1.82, 2.24) is 20.1 Å². The summed E-state index contributed by atoms with van der Waals surface area (Å²) in [5.74, 6) is 0.108. The Morgan fingerprint density at radius 1 is 1.04 bits per heavy atom. The van der Waals surface area contributed by atoms with Crippen LogP contribution in [0.5, 0.6) is 0 Å². The third-order valence-corrected chi connectivity index (χ3v) is 5.32. The molecule has 2 N–H and O–H groups in total. The van der Waals surface area contributed by atoms with Gasteiger partial charge in [-0.3, -0.25) is 4.79 Å². The van der Waals surface area contributed by atoms with Crippen LogP contribution < -0.4 is 10.6 Å². The molecule has 3 rings (SSSR count). The molecule has 2 aromatic rings.